The molecule has 1 rings (SSSR count). The molecule has 0 aromatic heterocycles. The summed E-state index contributed by atoms with van der Waals surface area (Å²) >= 11 is 0. The van der Waals surface area contributed by atoms with Crippen LogP contribution in [0.2, 0.25) is 0 Å². The highest BCUT2D eigenvalue weighted by Gasteiger charge is 2.12. The van der Waals surface area contributed by atoms with Crippen molar-refractivity contribution in [2.24, 2.45) is 0 Å². The van der Waals surface area contributed by atoms with Crippen LogP contribution in [0.5, 0.6) is 0 Å². The molecule has 66 valence electrons. The molecule has 0 saturated carbocycles. The standard InChI is InChI=1S/C7H14N2O.H3N/c1-2-7(10)9-5-3-8-4-6-9;/h8H,2-6H2,1H3;1H3. The lowest BCUT2D eigenvalue weighted by atomic mass is 10.3. The van der Waals surface area contributed by atoms with Crippen LogP contribution in [0.3, 0.4) is 0 Å². The van der Waals surface area contributed by atoms with Gasteiger partial charge in [0, 0.05) is 32.6 Å². The molecule has 0 aromatic rings. The molecular weight excluding hydrogens is 142 g/mol. The lowest BCUT2D eigenvalue weighted by Gasteiger charge is -2.26. The zero-order valence-corrected chi connectivity index (χ0v) is 7.10. The minimum absolute atomic E-state index is 0. The van der Waals surface area contributed by atoms with Gasteiger partial charge in [0.2, 0.25) is 5.91 Å². The number of piperazine rings is 1. The van der Waals surface area contributed by atoms with E-state index in [1.165, 1.54) is 0 Å². The fraction of sp³-hybridized carbons (Fsp3) is 0.857. The Kier molecular flexibility index (Phi) is 4.81. The van der Waals surface area contributed by atoms with Crippen molar-refractivity contribution in [1.29, 1.82) is 0 Å². The van der Waals surface area contributed by atoms with Crippen molar-refractivity contribution in [2.45, 2.75) is 13.3 Å². The molecule has 11 heavy (non-hydrogen) atoms. The maximum Gasteiger partial charge on any atom is 0.222 e. The zero-order chi connectivity index (χ0) is 7.40. The van der Waals surface area contributed by atoms with Crippen molar-refractivity contribution in [3.05, 3.63) is 0 Å². The number of hydrogen-bond donors (Lipinski definition) is 2. The van der Waals surface area contributed by atoms with Crippen LogP contribution >= 0.6 is 0 Å². The fourth-order valence-corrected chi connectivity index (χ4v) is 1.14. The van der Waals surface area contributed by atoms with Gasteiger partial charge >= 0.3 is 0 Å². The van der Waals surface area contributed by atoms with Gasteiger partial charge in [-0.05, 0) is 0 Å². The van der Waals surface area contributed by atoms with Gasteiger partial charge in [-0.2, -0.15) is 0 Å². The highest BCUT2D eigenvalue weighted by molar-refractivity contribution is 5.75. The Bertz CT molecular complexity index is 121. The smallest absolute Gasteiger partial charge is 0.222 e. The summed E-state index contributed by atoms with van der Waals surface area (Å²) in [6, 6.07) is 0. The van der Waals surface area contributed by atoms with E-state index in [4.69, 9.17) is 0 Å². The molecule has 4 N–H and O–H groups in total. The third kappa shape index (κ3) is 2.86. The number of amides is 1. The van der Waals surface area contributed by atoms with E-state index in [2.05, 4.69) is 5.32 Å². The monoisotopic (exact) mass is 159 g/mol. The fourth-order valence-electron chi connectivity index (χ4n) is 1.14. The molecule has 0 unspecified atom stereocenters. The molecule has 1 fully saturated rings. The Labute approximate surface area is 67.5 Å². The summed E-state index contributed by atoms with van der Waals surface area (Å²) in [5, 5.41) is 3.20. The van der Waals surface area contributed by atoms with E-state index in [9.17, 15) is 4.79 Å². The Morgan fingerprint density at radius 2 is 2.00 bits per heavy atom. The highest BCUT2D eigenvalue weighted by Crippen LogP contribution is 1.95. The predicted octanol–water partition coefficient (Wildman–Crippen LogP) is -0.00980. The molecule has 0 radical (unpaired) electrons. The maximum absolute atomic E-state index is 11.1. The Morgan fingerprint density at radius 1 is 1.45 bits per heavy atom. The van der Waals surface area contributed by atoms with Crippen molar-refractivity contribution in [3.63, 3.8) is 0 Å². The summed E-state index contributed by atoms with van der Waals surface area (Å²) in [5.74, 6) is 0.279. The molecular formula is C7H17N3O. The lowest BCUT2D eigenvalue weighted by Crippen LogP contribution is -2.46. The van der Waals surface area contributed by atoms with Crippen molar-refractivity contribution < 1.29 is 4.79 Å². The summed E-state index contributed by atoms with van der Waals surface area (Å²) in [4.78, 5) is 13.0. The predicted molar refractivity (Wildman–Crippen MR) is 44.8 cm³/mol. The summed E-state index contributed by atoms with van der Waals surface area (Å²) in [6.07, 6.45) is 0.639. The van der Waals surface area contributed by atoms with Crippen molar-refractivity contribution in [3.8, 4) is 0 Å². The second kappa shape index (κ2) is 5.09. The van der Waals surface area contributed by atoms with Crippen LogP contribution in [0.1, 0.15) is 13.3 Å². The number of carbonyl (C=O) groups is 1. The van der Waals surface area contributed by atoms with Gasteiger partial charge < -0.3 is 16.4 Å². The maximum atomic E-state index is 11.1. The minimum Gasteiger partial charge on any atom is -0.344 e. The van der Waals surface area contributed by atoms with E-state index < -0.39 is 0 Å². The van der Waals surface area contributed by atoms with Crippen molar-refractivity contribution in [2.75, 3.05) is 26.2 Å². The van der Waals surface area contributed by atoms with Gasteiger partial charge in [-0.3, -0.25) is 4.79 Å². The Hall–Kier alpha value is -0.610. The Morgan fingerprint density at radius 3 is 2.45 bits per heavy atom. The average molecular weight is 159 g/mol. The van der Waals surface area contributed by atoms with Crippen LogP contribution in [-0.2, 0) is 4.79 Å². The van der Waals surface area contributed by atoms with Gasteiger partial charge in [-0.15, -0.1) is 0 Å². The first kappa shape index (κ1) is 10.4. The van der Waals surface area contributed by atoms with E-state index >= 15 is 0 Å². The van der Waals surface area contributed by atoms with Crippen LogP contribution in [0, 0.1) is 0 Å². The normalized spacial score (nSPS) is 17.4. The van der Waals surface area contributed by atoms with Gasteiger partial charge in [0.05, 0.1) is 0 Å². The molecule has 1 aliphatic heterocycles. The first-order valence-electron chi connectivity index (χ1n) is 3.83. The van der Waals surface area contributed by atoms with Gasteiger partial charge in [-0.1, -0.05) is 6.92 Å². The van der Waals surface area contributed by atoms with Crippen LogP contribution in [-0.4, -0.2) is 37.0 Å². The van der Waals surface area contributed by atoms with Crippen molar-refractivity contribution >= 4 is 5.91 Å². The molecule has 4 heteroatoms. The molecule has 1 heterocycles. The van der Waals surface area contributed by atoms with Crippen molar-refractivity contribution in [1.82, 2.24) is 16.4 Å². The zero-order valence-electron chi connectivity index (χ0n) is 7.10. The van der Waals surface area contributed by atoms with Crippen LogP contribution in [0.15, 0.2) is 0 Å². The third-order valence-corrected chi connectivity index (χ3v) is 1.77. The number of carbonyl (C=O) groups excluding carboxylic acids is 1. The van der Waals surface area contributed by atoms with E-state index in [1.807, 2.05) is 11.8 Å². The SMILES string of the molecule is CCC(=O)N1CCNCC1.N. The molecule has 0 aromatic carbocycles. The van der Waals surface area contributed by atoms with Crippen LogP contribution < -0.4 is 11.5 Å². The van der Waals surface area contributed by atoms with Crippen LogP contribution in [0.4, 0.5) is 0 Å². The second-order valence-electron chi connectivity index (χ2n) is 2.48. The van der Waals surface area contributed by atoms with Gasteiger partial charge in [0.1, 0.15) is 0 Å². The Balaban J connectivity index is 0.000001000. The minimum atomic E-state index is 0. The number of nitrogens with zero attached hydrogens (tertiary/aromatic N) is 1. The first-order valence-corrected chi connectivity index (χ1v) is 3.83. The van der Waals surface area contributed by atoms with Gasteiger partial charge in [0.25, 0.3) is 0 Å². The molecule has 1 saturated heterocycles. The molecule has 0 spiro atoms. The molecule has 1 amide bonds. The number of nitrogens with one attached hydrogen (secondary N) is 1. The first-order chi connectivity index (χ1) is 4.84. The van der Waals surface area contributed by atoms with Crippen LogP contribution in [0.25, 0.3) is 0 Å². The summed E-state index contributed by atoms with van der Waals surface area (Å²) in [6.45, 7) is 5.57. The molecule has 0 aliphatic carbocycles. The molecule has 0 bridgehead atoms. The van der Waals surface area contributed by atoms with E-state index in [0.717, 1.165) is 26.2 Å². The number of rotatable bonds is 1. The lowest BCUT2D eigenvalue weighted by molar-refractivity contribution is -0.131. The molecule has 1 aliphatic rings. The quantitative estimate of drug-likeness (QED) is 0.565. The van der Waals surface area contributed by atoms with Gasteiger partial charge in [0.15, 0.2) is 0 Å². The van der Waals surface area contributed by atoms with E-state index in [1.54, 1.807) is 0 Å². The molecule has 4 nitrogen and oxygen atoms in total. The summed E-state index contributed by atoms with van der Waals surface area (Å²) in [7, 11) is 0. The topological polar surface area (TPSA) is 67.3 Å². The highest BCUT2D eigenvalue weighted by atomic mass is 16.2. The third-order valence-electron chi connectivity index (χ3n) is 1.77. The number of hydrogen-bond acceptors (Lipinski definition) is 3. The summed E-state index contributed by atoms with van der Waals surface area (Å²) < 4.78 is 0. The van der Waals surface area contributed by atoms with E-state index in [-0.39, 0.29) is 12.1 Å². The average Bonchev–Trinajstić information content (AvgIpc) is 2.05. The van der Waals surface area contributed by atoms with Gasteiger partial charge in [-0.25, -0.2) is 0 Å². The summed E-state index contributed by atoms with van der Waals surface area (Å²) in [5.41, 5.74) is 0. The largest absolute Gasteiger partial charge is 0.344 e. The second-order valence-corrected chi connectivity index (χ2v) is 2.48. The molecule has 0 atom stereocenters. The van der Waals surface area contributed by atoms with E-state index in [0.29, 0.717) is 6.42 Å².